The van der Waals surface area contributed by atoms with Crippen molar-refractivity contribution >= 4 is 17.0 Å². The van der Waals surface area contributed by atoms with E-state index in [2.05, 4.69) is 19.9 Å². The number of nitrogens with one attached hydrogen (secondary N) is 1. The van der Waals surface area contributed by atoms with Crippen LogP contribution in [0.2, 0.25) is 0 Å². The number of fused-ring (bicyclic) bond motifs is 1. The van der Waals surface area contributed by atoms with E-state index in [1.54, 1.807) is 6.20 Å². The third kappa shape index (κ3) is 2.05. The van der Waals surface area contributed by atoms with Crippen molar-refractivity contribution in [1.29, 1.82) is 0 Å². The van der Waals surface area contributed by atoms with Gasteiger partial charge >= 0.3 is 0 Å². The molecule has 102 valence electrons. The van der Waals surface area contributed by atoms with Crippen molar-refractivity contribution in [3.8, 4) is 17.0 Å². The Kier molecular flexibility index (Phi) is 2.98. The number of aromatic nitrogens is 4. The quantitative estimate of drug-likeness (QED) is 0.761. The van der Waals surface area contributed by atoms with Gasteiger partial charge in [-0.15, -0.1) is 0 Å². The summed E-state index contributed by atoms with van der Waals surface area (Å²) >= 11 is 0. The molecule has 3 rings (SSSR count). The summed E-state index contributed by atoms with van der Waals surface area (Å²) in [6.45, 7) is 4.43. The molecule has 0 atom stereocenters. The smallest absolute Gasteiger partial charge is 0.220 e. The van der Waals surface area contributed by atoms with Gasteiger partial charge in [0.15, 0.2) is 0 Å². The zero-order valence-corrected chi connectivity index (χ0v) is 11.3. The van der Waals surface area contributed by atoms with Gasteiger partial charge in [0, 0.05) is 23.7 Å². The van der Waals surface area contributed by atoms with E-state index in [4.69, 9.17) is 10.5 Å². The summed E-state index contributed by atoms with van der Waals surface area (Å²) in [7, 11) is 0. The predicted molar refractivity (Wildman–Crippen MR) is 77.4 cm³/mol. The molecule has 0 aliphatic heterocycles. The second-order valence-electron chi connectivity index (χ2n) is 4.42. The van der Waals surface area contributed by atoms with Crippen LogP contribution < -0.4 is 10.5 Å². The topological polar surface area (TPSA) is 89.7 Å². The minimum absolute atomic E-state index is 0.260. The summed E-state index contributed by atoms with van der Waals surface area (Å²) in [6, 6.07) is 3.74. The molecule has 6 nitrogen and oxygen atoms in total. The Balaban J connectivity index is 2.25. The van der Waals surface area contributed by atoms with Gasteiger partial charge in [-0.1, -0.05) is 0 Å². The Morgan fingerprint density at radius 2 is 2.20 bits per heavy atom. The molecule has 0 unspecified atom stereocenters. The molecule has 0 bridgehead atoms. The standard InChI is InChI=1S/C14H15N5O/c1-3-20-11-4-5-16-13-12(11)9(7-17-13)10-6-8(2)18-14(15)19-10/h4-7H,3H2,1-2H3,(H,16,17)(H2,15,18,19). The maximum atomic E-state index is 5.73. The van der Waals surface area contributed by atoms with Crippen LogP contribution in [-0.4, -0.2) is 26.5 Å². The molecule has 0 aromatic carbocycles. The van der Waals surface area contributed by atoms with Crippen LogP contribution in [0.15, 0.2) is 24.5 Å². The van der Waals surface area contributed by atoms with E-state index in [0.717, 1.165) is 33.7 Å². The highest BCUT2D eigenvalue weighted by Gasteiger charge is 2.14. The summed E-state index contributed by atoms with van der Waals surface area (Å²) in [6.07, 6.45) is 3.58. The summed E-state index contributed by atoms with van der Waals surface area (Å²) in [5.41, 5.74) is 8.98. The molecular formula is C14H15N5O. The van der Waals surface area contributed by atoms with Crippen molar-refractivity contribution in [3.05, 3.63) is 30.2 Å². The molecule has 0 aliphatic carbocycles. The highest BCUT2D eigenvalue weighted by molar-refractivity contribution is 5.97. The Morgan fingerprint density at radius 3 is 2.95 bits per heavy atom. The van der Waals surface area contributed by atoms with Gasteiger partial charge in [0.25, 0.3) is 0 Å². The number of aromatic amines is 1. The summed E-state index contributed by atoms with van der Waals surface area (Å²) in [4.78, 5) is 15.8. The second kappa shape index (κ2) is 4.80. The molecule has 0 amide bonds. The van der Waals surface area contributed by atoms with Gasteiger partial charge in [0.1, 0.15) is 11.4 Å². The number of pyridine rings is 1. The predicted octanol–water partition coefficient (Wildman–Crippen LogP) is 2.31. The van der Waals surface area contributed by atoms with Gasteiger partial charge in [0.2, 0.25) is 5.95 Å². The average Bonchev–Trinajstić information content (AvgIpc) is 2.83. The molecule has 3 aromatic heterocycles. The number of ether oxygens (including phenoxy) is 1. The monoisotopic (exact) mass is 269 g/mol. The fourth-order valence-electron chi connectivity index (χ4n) is 2.23. The van der Waals surface area contributed by atoms with Crippen LogP contribution in [0, 0.1) is 6.92 Å². The normalized spacial score (nSPS) is 10.9. The van der Waals surface area contributed by atoms with Crippen molar-refractivity contribution in [2.75, 3.05) is 12.3 Å². The summed E-state index contributed by atoms with van der Waals surface area (Å²) in [5, 5.41) is 0.909. The number of aryl methyl sites for hydroxylation is 1. The minimum atomic E-state index is 0.260. The van der Waals surface area contributed by atoms with Crippen molar-refractivity contribution in [1.82, 2.24) is 19.9 Å². The summed E-state index contributed by atoms with van der Waals surface area (Å²) < 4.78 is 5.67. The average molecular weight is 269 g/mol. The van der Waals surface area contributed by atoms with Crippen LogP contribution in [0.4, 0.5) is 5.95 Å². The van der Waals surface area contributed by atoms with E-state index in [9.17, 15) is 0 Å². The molecule has 3 aromatic rings. The molecule has 0 spiro atoms. The van der Waals surface area contributed by atoms with E-state index in [1.165, 1.54) is 0 Å². The lowest BCUT2D eigenvalue weighted by Crippen LogP contribution is -1.98. The van der Waals surface area contributed by atoms with Gasteiger partial charge in [-0.3, -0.25) is 0 Å². The van der Waals surface area contributed by atoms with Gasteiger partial charge < -0.3 is 15.5 Å². The van der Waals surface area contributed by atoms with Crippen LogP contribution >= 0.6 is 0 Å². The van der Waals surface area contributed by atoms with Crippen LogP contribution in [0.1, 0.15) is 12.6 Å². The van der Waals surface area contributed by atoms with E-state index in [-0.39, 0.29) is 5.95 Å². The van der Waals surface area contributed by atoms with Crippen molar-refractivity contribution in [3.63, 3.8) is 0 Å². The second-order valence-corrected chi connectivity index (χ2v) is 4.42. The largest absolute Gasteiger partial charge is 0.493 e. The van der Waals surface area contributed by atoms with Gasteiger partial charge in [-0.25, -0.2) is 15.0 Å². The molecule has 3 N–H and O–H groups in total. The number of H-pyrrole nitrogens is 1. The van der Waals surface area contributed by atoms with Crippen LogP contribution in [-0.2, 0) is 0 Å². The molecule has 0 aliphatic rings. The van der Waals surface area contributed by atoms with Gasteiger partial charge in [-0.05, 0) is 26.0 Å². The Labute approximate surface area is 116 Å². The van der Waals surface area contributed by atoms with E-state index in [0.29, 0.717) is 6.61 Å². The zero-order chi connectivity index (χ0) is 14.1. The number of hydrogen-bond donors (Lipinski definition) is 2. The molecular weight excluding hydrogens is 254 g/mol. The first kappa shape index (κ1) is 12.4. The SMILES string of the molecule is CCOc1ccnc2[nH]cc(-c3cc(C)nc(N)n3)c12. The summed E-state index contributed by atoms with van der Waals surface area (Å²) in [5.74, 6) is 1.04. The van der Waals surface area contributed by atoms with Gasteiger partial charge in [-0.2, -0.15) is 0 Å². The van der Waals surface area contributed by atoms with E-state index < -0.39 is 0 Å². The number of nitrogens with two attached hydrogens (primary N) is 1. The highest BCUT2D eigenvalue weighted by atomic mass is 16.5. The lowest BCUT2D eigenvalue weighted by molar-refractivity contribution is 0.344. The number of rotatable bonds is 3. The maximum absolute atomic E-state index is 5.73. The third-order valence-corrected chi connectivity index (χ3v) is 2.98. The van der Waals surface area contributed by atoms with Crippen molar-refractivity contribution in [2.45, 2.75) is 13.8 Å². The van der Waals surface area contributed by atoms with E-state index in [1.807, 2.05) is 32.2 Å². The number of anilines is 1. The first-order valence-corrected chi connectivity index (χ1v) is 6.39. The Bertz CT molecular complexity index is 745. The lowest BCUT2D eigenvalue weighted by Gasteiger charge is -2.07. The fourth-order valence-corrected chi connectivity index (χ4v) is 2.23. The number of nitrogens with zero attached hydrogens (tertiary/aromatic N) is 3. The lowest BCUT2D eigenvalue weighted by atomic mass is 10.1. The van der Waals surface area contributed by atoms with Crippen LogP contribution in [0.5, 0.6) is 5.75 Å². The van der Waals surface area contributed by atoms with E-state index >= 15 is 0 Å². The molecule has 6 heteroatoms. The Morgan fingerprint density at radius 1 is 1.35 bits per heavy atom. The first-order valence-electron chi connectivity index (χ1n) is 6.39. The van der Waals surface area contributed by atoms with Crippen molar-refractivity contribution in [2.24, 2.45) is 0 Å². The molecule has 0 saturated carbocycles. The molecule has 20 heavy (non-hydrogen) atoms. The zero-order valence-electron chi connectivity index (χ0n) is 11.3. The van der Waals surface area contributed by atoms with Crippen molar-refractivity contribution < 1.29 is 4.74 Å². The molecule has 3 heterocycles. The first-order chi connectivity index (χ1) is 9.69. The fraction of sp³-hybridized carbons (Fsp3) is 0.214. The molecule has 0 fully saturated rings. The number of nitrogen functional groups attached to an aromatic ring is 1. The van der Waals surface area contributed by atoms with Gasteiger partial charge in [0.05, 0.1) is 17.7 Å². The highest BCUT2D eigenvalue weighted by Crippen LogP contribution is 2.33. The minimum Gasteiger partial charge on any atom is -0.493 e. The van der Waals surface area contributed by atoms with Crippen LogP contribution in [0.3, 0.4) is 0 Å². The Hall–Kier alpha value is -2.63. The molecule has 0 saturated heterocycles. The molecule has 0 radical (unpaired) electrons. The number of hydrogen-bond acceptors (Lipinski definition) is 5. The van der Waals surface area contributed by atoms with Crippen LogP contribution in [0.25, 0.3) is 22.3 Å². The maximum Gasteiger partial charge on any atom is 0.220 e. The third-order valence-electron chi connectivity index (χ3n) is 2.98.